The summed E-state index contributed by atoms with van der Waals surface area (Å²) in [6.07, 6.45) is 0.934. The van der Waals surface area contributed by atoms with Crippen LogP contribution in [0.2, 0.25) is 0 Å². The van der Waals surface area contributed by atoms with Crippen molar-refractivity contribution in [2.24, 2.45) is 0 Å². The molecule has 1 aliphatic heterocycles. The molecule has 1 aliphatic rings. The van der Waals surface area contributed by atoms with E-state index in [9.17, 15) is 4.79 Å². The lowest BCUT2D eigenvalue weighted by Crippen LogP contribution is -2.41. The minimum Gasteiger partial charge on any atom is -0.397 e. The van der Waals surface area contributed by atoms with Crippen LogP contribution in [-0.2, 0) is 11.2 Å². The highest BCUT2D eigenvalue weighted by Gasteiger charge is 2.29. The second kappa shape index (κ2) is 5.48. The number of rotatable bonds is 3. The Kier molecular flexibility index (Phi) is 3.52. The number of carbonyl (C=O) groups is 1. The van der Waals surface area contributed by atoms with Gasteiger partial charge in [-0.1, -0.05) is 30.3 Å². The molecule has 1 amide bonds. The standard InChI is InChI=1S/C17H19N3O/c1-12(17(21)19-14-7-3-2-4-8-14)20-11-10-13-6-5-9-15(18)16(13)20/h2-9,12H,10-11,18H2,1H3,(H,19,21). The van der Waals surface area contributed by atoms with Crippen molar-refractivity contribution >= 4 is 23.0 Å². The molecule has 0 fully saturated rings. The lowest BCUT2D eigenvalue weighted by Gasteiger charge is -2.27. The Bertz CT molecular complexity index is 654. The van der Waals surface area contributed by atoms with E-state index in [2.05, 4.69) is 16.3 Å². The largest absolute Gasteiger partial charge is 0.397 e. The fraction of sp³-hybridized carbons (Fsp3) is 0.235. The lowest BCUT2D eigenvalue weighted by atomic mass is 10.1. The van der Waals surface area contributed by atoms with E-state index in [1.54, 1.807) is 0 Å². The van der Waals surface area contributed by atoms with E-state index in [0.717, 1.165) is 30.0 Å². The second-order valence-corrected chi connectivity index (χ2v) is 5.33. The summed E-state index contributed by atoms with van der Waals surface area (Å²) in [4.78, 5) is 14.5. The average molecular weight is 281 g/mol. The van der Waals surface area contributed by atoms with Gasteiger partial charge in [-0.15, -0.1) is 0 Å². The number of nitrogen functional groups attached to an aromatic ring is 1. The van der Waals surface area contributed by atoms with Crippen molar-refractivity contribution in [3.05, 3.63) is 54.1 Å². The molecular weight excluding hydrogens is 262 g/mol. The Labute approximate surface area is 124 Å². The Morgan fingerprint density at radius 2 is 1.95 bits per heavy atom. The Morgan fingerprint density at radius 1 is 1.19 bits per heavy atom. The number of anilines is 3. The van der Waals surface area contributed by atoms with Crippen molar-refractivity contribution in [3.63, 3.8) is 0 Å². The first-order valence-corrected chi connectivity index (χ1v) is 7.17. The number of carbonyl (C=O) groups excluding carboxylic acids is 1. The van der Waals surface area contributed by atoms with Crippen LogP contribution in [0.25, 0.3) is 0 Å². The van der Waals surface area contributed by atoms with E-state index in [4.69, 9.17) is 5.73 Å². The van der Waals surface area contributed by atoms with E-state index in [1.165, 1.54) is 5.56 Å². The van der Waals surface area contributed by atoms with Crippen molar-refractivity contribution in [2.75, 3.05) is 22.5 Å². The molecule has 0 bridgehead atoms. The molecule has 21 heavy (non-hydrogen) atoms. The summed E-state index contributed by atoms with van der Waals surface area (Å²) in [5, 5.41) is 2.95. The molecule has 1 heterocycles. The van der Waals surface area contributed by atoms with E-state index >= 15 is 0 Å². The van der Waals surface area contributed by atoms with Gasteiger partial charge in [0.1, 0.15) is 6.04 Å². The number of hydrogen-bond acceptors (Lipinski definition) is 3. The molecule has 2 aromatic carbocycles. The van der Waals surface area contributed by atoms with Crippen molar-refractivity contribution in [3.8, 4) is 0 Å². The molecule has 0 radical (unpaired) electrons. The quantitative estimate of drug-likeness (QED) is 0.850. The third kappa shape index (κ3) is 2.57. The molecule has 0 aliphatic carbocycles. The summed E-state index contributed by atoms with van der Waals surface area (Å²) in [6, 6.07) is 15.2. The van der Waals surface area contributed by atoms with Gasteiger partial charge in [-0.2, -0.15) is 0 Å². The van der Waals surface area contributed by atoms with Crippen molar-refractivity contribution < 1.29 is 4.79 Å². The first-order valence-electron chi connectivity index (χ1n) is 7.17. The van der Waals surface area contributed by atoms with Gasteiger partial charge in [-0.05, 0) is 37.1 Å². The number of nitrogens with two attached hydrogens (primary N) is 1. The van der Waals surface area contributed by atoms with E-state index in [1.807, 2.05) is 49.4 Å². The third-order valence-electron chi connectivity index (χ3n) is 3.95. The second-order valence-electron chi connectivity index (χ2n) is 5.33. The summed E-state index contributed by atoms with van der Waals surface area (Å²) in [6.45, 7) is 2.74. The van der Waals surface area contributed by atoms with Crippen molar-refractivity contribution in [2.45, 2.75) is 19.4 Å². The van der Waals surface area contributed by atoms with Crippen LogP contribution >= 0.6 is 0 Å². The molecule has 3 rings (SSSR count). The molecule has 108 valence electrons. The van der Waals surface area contributed by atoms with Crippen molar-refractivity contribution in [1.82, 2.24) is 0 Å². The van der Waals surface area contributed by atoms with Crippen LogP contribution in [0.15, 0.2) is 48.5 Å². The smallest absolute Gasteiger partial charge is 0.246 e. The summed E-state index contributed by atoms with van der Waals surface area (Å²) in [7, 11) is 0. The number of hydrogen-bond donors (Lipinski definition) is 2. The van der Waals surface area contributed by atoms with Gasteiger partial charge in [-0.25, -0.2) is 0 Å². The number of nitrogens with zero attached hydrogens (tertiary/aromatic N) is 1. The zero-order valence-electron chi connectivity index (χ0n) is 12.0. The van der Waals surface area contributed by atoms with E-state index in [0.29, 0.717) is 0 Å². The molecule has 0 saturated heterocycles. The fourth-order valence-corrected chi connectivity index (χ4v) is 2.81. The Morgan fingerprint density at radius 3 is 2.71 bits per heavy atom. The van der Waals surface area contributed by atoms with Gasteiger partial charge in [0, 0.05) is 12.2 Å². The molecule has 4 heteroatoms. The highest BCUT2D eigenvalue weighted by Crippen LogP contribution is 2.35. The molecule has 2 aromatic rings. The summed E-state index contributed by atoms with van der Waals surface area (Å²) in [5.74, 6) is -0.0164. The lowest BCUT2D eigenvalue weighted by molar-refractivity contribution is -0.117. The van der Waals surface area contributed by atoms with Gasteiger partial charge in [0.05, 0.1) is 11.4 Å². The predicted molar refractivity (Wildman–Crippen MR) is 86.4 cm³/mol. The maximum absolute atomic E-state index is 12.4. The molecular formula is C17H19N3O. The van der Waals surface area contributed by atoms with E-state index in [-0.39, 0.29) is 11.9 Å². The van der Waals surface area contributed by atoms with Gasteiger partial charge in [0.15, 0.2) is 0 Å². The normalized spacial score (nSPS) is 14.6. The van der Waals surface area contributed by atoms with Crippen LogP contribution in [-0.4, -0.2) is 18.5 Å². The molecule has 0 spiro atoms. The summed E-state index contributed by atoms with van der Waals surface area (Å²) >= 11 is 0. The molecule has 1 unspecified atom stereocenters. The highest BCUT2D eigenvalue weighted by molar-refractivity contribution is 5.97. The zero-order valence-corrected chi connectivity index (χ0v) is 12.0. The van der Waals surface area contributed by atoms with Crippen LogP contribution in [0.5, 0.6) is 0 Å². The maximum atomic E-state index is 12.4. The van der Waals surface area contributed by atoms with Gasteiger partial charge in [0.2, 0.25) is 5.91 Å². The third-order valence-corrected chi connectivity index (χ3v) is 3.95. The predicted octanol–water partition coefficient (Wildman–Crippen LogP) is 2.66. The highest BCUT2D eigenvalue weighted by atomic mass is 16.2. The Hall–Kier alpha value is -2.49. The minimum atomic E-state index is -0.254. The maximum Gasteiger partial charge on any atom is 0.246 e. The van der Waals surface area contributed by atoms with Crippen molar-refractivity contribution in [1.29, 1.82) is 0 Å². The first-order chi connectivity index (χ1) is 10.2. The summed E-state index contributed by atoms with van der Waals surface area (Å²) < 4.78 is 0. The average Bonchev–Trinajstić information content (AvgIpc) is 2.93. The van der Waals surface area contributed by atoms with Crippen LogP contribution < -0.4 is 16.0 Å². The van der Waals surface area contributed by atoms with Gasteiger partial charge in [-0.3, -0.25) is 4.79 Å². The Balaban J connectivity index is 1.78. The topological polar surface area (TPSA) is 58.4 Å². The number of para-hydroxylation sites is 2. The minimum absolute atomic E-state index is 0.0164. The molecule has 3 N–H and O–H groups in total. The zero-order chi connectivity index (χ0) is 14.8. The van der Waals surface area contributed by atoms with E-state index < -0.39 is 0 Å². The van der Waals surface area contributed by atoms with Gasteiger partial charge in [0.25, 0.3) is 0 Å². The fourth-order valence-electron chi connectivity index (χ4n) is 2.81. The SMILES string of the molecule is CC(C(=O)Nc1ccccc1)N1CCc2cccc(N)c21. The number of benzene rings is 2. The van der Waals surface area contributed by atoms with Crippen LogP contribution in [0.3, 0.4) is 0 Å². The van der Waals surface area contributed by atoms with Gasteiger partial charge >= 0.3 is 0 Å². The first kappa shape index (κ1) is 13.5. The van der Waals surface area contributed by atoms with Crippen LogP contribution in [0.4, 0.5) is 17.1 Å². The monoisotopic (exact) mass is 281 g/mol. The molecule has 4 nitrogen and oxygen atoms in total. The number of fused-ring (bicyclic) bond motifs is 1. The summed E-state index contributed by atoms with van der Waals surface area (Å²) in [5.41, 5.74) is 9.86. The number of nitrogens with one attached hydrogen (secondary N) is 1. The van der Waals surface area contributed by atoms with Crippen LogP contribution in [0.1, 0.15) is 12.5 Å². The van der Waals surface area contributed by atoms with Crippen LogP contribution in [0, 0.1) is 0 Å². The molecule has 0 aromatic heterocycles. The molecule has 1 atom stereocenters. The molecule has 0 saturated carbocycles. The number of amides is 1. The van der Waals surface area contributed by atoms with Gasteiger partial charge < -0.3 is 16.0 Å².